The molecule has 0 unspecified atom stereocenters. The summed E-state index contributed by atoms with van der Waals surface area (Å²) < 4.78 is 4.91. The summed E-state index contributed by atoms with van der Waals surface area (Å²) in [5.41, 5.74) is 0.702. The van der Waals surface area contributed by atoms with E-state index in [-0.39, 0.29) is 5.97 Å². The molecule has 0 aromatic heterocycles. The first-order valence-corrected chi connectivity index (χ1v) is 4.56. The molecule has 3 nitrogen and oxygen atoms in total. The number of hydrogen-bond donors (Lipinski definition) is 0. The van der Waals surface area contributed by atoms with E-state index in [0.717, 1.165) is 19.3 Å². The van der Waals surface area contributed by atoms with Crippen molar-refractivity contribution < 1.29 is 9.53 Å². The van der Waals surface area contributed by atoms with Gasteiger partial charge in [0.05, 0.1) is 12.6 Å². The van der Waals surface area contributed by atoms with Crippen molar-refractivity contribution in [1.29, 1.82) is 0 Å². The van der Waals surface area contributed by atoms with Crippen LogP contribution in [0.25, 0.3) is 0 Å². The van der Waals surface area contributed by atoms with Crippen LogP contribution < -0.4 is 0 Å². The summed E-state index contributed by atoms with van der Waals surface area (Å²) in [6.45, 7) is 2.28. The molecule has 0 radical (unpaired) electrons. The molecule has 1 heterocycles. The van der Waals surface area contributed by atoms with E-state index < -0.39 is 0 Å². The zero-order valence-corrected chi connectivity index (χ0v) is 7.25. The van der Waals surface area contributed by atoms with Crippen LogP contribution in [0.15, 0.2) is 4.99 Å². The van der Waals surface area contributed by atoms with Gasteiger partial charge in [-0.25, -0.2) is 4.79 Å². The fourth-order valence-corrected chi connectivity index (χ4v) is 2.05. The Labute approximate surface area is 71.8 Å². The van der Waals surface area contributed by atoms with Gasteiger partial charge in [0.25, 0.3) is 0 Å². The maximum absolute atomic E-state index is 11.3. The maximum Gasteiger partial charge on any atom is 0.352 e. The Bertz CT molecular complexity index is 235. The van der Waals surface area contributed by atoms with Crippen LogP contribution in [0.5, 0.6) is 0 Å². The minimum Gasteiger partial charge on any atom is -0.462 e. The third-order valence-corrected chi connectivity index (χ3v) is 2.60. The molecule has 0 N–H and O–H groups in total. The number of ether oxygens (including phenoxy) is 1. The quantitative estimate of drug-likeness (QED) is 0.579. The van der Waals surface area contributed by atoms with Crippen LogP contribution in [0, 0.1) is 5.92 Å². The largest absolute Gasteiger partial charge is 0.462 e. The molecule has 0 amide bonds. The number of fused-ring (bicyclic) bond motifs is 2. The third kappa shape index (κ3) is 1.13. The predicted octanol–water partition coefficient (Wildman–Crippen LogP) is 1.17. The molecule has 1 saturated carbocycles. The number of nitrogens with zero attached hydrogens (tertiary/aromatic N) is 1. The lowest BCUT2D eigenvalue weighted by Crippen LogP contribution is -2.23. The molecule has 2 rings (SSSR count). The summed E-state index contributed by atoms with van der Waals surface area (Å²) in [4.78, 5) is 15.6. The molecule has 1 aliphatic heterocycles. The first kappa shape index (κ1) is 7.77. The fourth-order valence-electron chi connectivity index (χ4n) is 2.05. The highest BCUT2D eigenvalue weighted by Crippen LogP contribution is 2.35. The molecule has 2 atom stereocenters. The minimum absolute atomic E-state index is 0.190. The van der Waals surface area contributed by atoms with Crippen molar-refractivity contribution in [2.24, 2.45) is 10.9 Å². The van der Waals surface area contributed by atoms with Crippen LogP contribution in [0.1, 0.15) is 26.2 Å². The van der Waals surface area contributed by atoms with Crippen LogP contribution in [-0.4, -0.2) is 24.3 Å². The lowest BCUT2D eigenvalue weighted by Gasteiger charge is -2.09. The summed E-state index contributed by atoms with van der Waals surface area (Å²) >= 11 is 0. The molecule has 12 heavy (non-hydrogen) atoms. The average molecular weight is 167 g/mol. The van der Waals surface area contributed by atoms with Gasteiger partial charge in [-0.05, 0) is 26.2 Å². The molecule has 0 aromatic rings. The average Bonchev–Trinajstić information content (AvgIpc) is 2.64. The monoisotopic (exact) mass is 167 g/mol. The Hall–Kier alpha value is -0.860. The Balaban J connectivity index is 2.05. The van der Waals surface area contributed by atoms with E-state index in [0.29, 0.717) is 24.3 Å². The first-order chi connectivity index (χ1) is 5.81. The van der Waals surface area contributed by atoms with Gasteiger partial charge < -0.3 is 4.74 Å². The highest BCUT2D eigenvalue weighted by Gasteiger charge is 2.38. The summed E-state index contributed by atoms with van der Waals surface area (Å²) in [6, 6.07) is 0.425. The Morgan fingerprint density at radius 3 is 3.00 bits per heavy atom. The third-order valence-electron chi connectivity index (χ3n) is 2.60. The predicted molar refractivity (Wildman–Crippen MR) is 45.2 cm³/mol. The van der Waals surface area contributed by atoms with Crippen molar-refractivity contribution in [3.05, 3.63) is 0 Å². The van der Waals surface area contributed by atoms with Gasteiger partial charge in [0.2, 0.25) is 0 Å². The molecule has 1 fully saturated rings. The molecule has 1 aliphatic carbocycles. The van der Waals surface area contributed by atoms with Crippen molar-refractivity contribution in [1.82, 2.24) is 0 Å². The van der Waals surface area contributed by atoms with Gasteiger partial charge in [-0.2, -0.15) is 0 Å². The second kappa shape index (κ2) is 2.88. The second-order valence-electron chi connectivity index (χ2n) is 3.40. The summed E-state index contributed by atoms with van der Waals surface area (Å²) in [6.07, 6.45) is 3.37. The van der Waals surface area contributed by atoms with E-state index in [1.54, 1.807) is 0 Å². The van der Waals surface area contributed by atoms with Gasteiger partial charge in [0.1, 0.15) is 5.71 Å². The number of esters is 1. The zero-order chi connectivity index (χ0) is 8.55. The van der Waals surface area contributed by atoms with Crippen LogP contribution in [0.2, 0.25) is 0 Å². The van der Waals surface area contributed by atoms with Gasteiger partial charge in [-0.15, -0.1) is 0 Å². The van der Waals surface area contributed by atoms with E-state index in [2.05, 4.69) is 4.99 Å². The molecule has 66 valence electrons. The SMILES string of the molecule is CCOC(=O)C1=N[C@H]2CC[C@@H]1C2. The maximum atomic E-state index is 11.3. The lowest BCUT2D eigenvalue weighted by atomic mass is 10.0. The molecular weight excluding hydrogens is 154 g/mol. The second-order valence-corrected chi connectivity index (χ2v) is 3.40. The van der Waals surface area contributed by atoms with Crippen LogP contribution in [0.4, 0.5) is 0 Å². The molecule has 2 bridgehead atoms. The van der Waals surface area contributed by atoms with E-state index in [9.17, 15) is 4.79 Å². The summed E-state index contributed by atoms with van der Waals surface area (Å²) in [5.74, 6) is 0.221. The van der Waals surface area contributed by atoms with Crippen molar-refractivity contribution in [3.8, 4) is 0 Å². The smallest absolute Gasteiger partial charge is 0.352 e. The molecule has 3 heteroatoms. The van der Waals surface area contributed by atoms with Crippen molar-refractivity contribution >= 4 is 11.7 Å². The summed E-state index contributed by atoms with van der Waals surface area (Å²) in [7, 11) is 0. The Morgan fingerprint density at radius 1 is 1.67 bits per heavy atom. The van der Waals surface area contributed by atoms with Gasteiger partial charge in [-0.3, -0.25) is 4.99 Å². The van der Waals surface area contributed by atoms with Gasteiger partial charge >= 0.3 is 5.97 Å². The van der Waals surface area contributed by atoms with E-state index in [4.69, 9.17) is 4.74 Å². The highest BCUT2D eigenvalue weighted by molar-refractivity contribution is 6.38. The lowest BCUT2D eigenvalue weighted by molar-refractivity contribution is -0.135. The van der Waals surface area contributed by atoms with Gasteiger partial charge in [0, 0.05) is 5.92 Å². The fraction of sp³-hybridized carbons (Fsp3) is 0.778. The normalized spacial score (nSPS) is 31.9. The Kier molecular flexibility index (Phi) is 1.87. The topological polar surface area (TPSA) is 38.7 Å². The molecule has 0 aromatic carbocycles. The van der Waals surface area contributed by atoms with E-state index >= 15 is 0 Å². The number of carbonyl (C=O) groups is 1. The number of carbonyl (C=O) groups excluding carboxylic acids is 1. The van der Waals surface area contributed by atoms with Crippen LogP contribution >= 0.6 is 0 Å². The van der Waals surface area contributed by atoms with Gasteiger partial charge in [0.15, 0.2) is 0 Å². The van der Waals surface area contributed by atoms with Gasteiger partial charge in [-0.1, -0.05) is 0 Å². The highest BCUT2D eigenvalue weighted by atomic mass is 16.5. The van der Waals surface area contributed by atoms with Crippen LogP contribution in [0.3, 0.4) is 0 Å². The summed E-state index contributed by atoms with van der Waals surface area (Å²) in [5, 5.41) is 0. The molecule has 0 saturated heterocycles. The van der Waals surface area contributed by atoms with Crippen molar-refractivity contribution in [2.45, 2.75) is 32.2 Å². The standard InChI is InChI=1S/C9H13NO2/c1-2-12-9(11)8-6-3-4-7(5-6)10-8/h6-7H,2-5H2,1H3/t6-,7+/m1/s1. The van der Waals surface area contributed by atoms with Crippen molar-refractivity contribution in [3.63, 3.8) is 0 Å². The molecular formula is C9H13NO2. The number of rotatable bonds is 2. The van der Waals surface area contributed by atoms with Crippen molar-refractivity contribution in [2.75, 3.05) is 6.61 Å². The first-order valence-electron chi connectivity index (χ1n) is 4.56. The van der Waals surface area contributed by atoms with Crippen LogP contribution in [-0.2, 0) is 9.53 Å². The van der Waals surface area contributed by atoms with E-state index in [1.165, 1.54) is 0 Å². The Morgan fingerprint density at radius 2 is 2.50 bits per heavy atom. The minimum atomic E-state index is -0.190. The molecule has 2 aliphatic rings. The molecule has 0 spiro atoms. The zero-order valence-electron chi connectivity index (χ0n) is 7.25. The number of aliphatic imine (C=N–C) groups is 1. The number of hydrogen-bond acceptors (Lipinski definition) is 3. The van der Waals surface area contributed by atoms with E-state index in [1.807, 2.05) is 6.92 Å².